The van der Waals surface area contributed by atoms with E-state index in [0.717, 1.165) is 25.7 Å². The number of aliphatic hydroxyl groups is 1. The second-order valence-electron chi connectivity index (χ2n) is 7.59. The largest absolute Gasteiger partial charge is 0.365 e. The first-order valence-electron chi connectivity index (χ1n) is 8.02. The summed E-state index contributed by atoms with van der Waals surface area (Å²) in [4.78, 5) is 11.7. The minimum atomic E-state index is -0.946. The van der Waals surface area contributed by atoms with Gasteiger partial charge in [-0.2, -0.15) is 0 Å². The molecule has 118 valence electrons. The van der Waals surface area contributed by atoms with Gasteiger partial charge in [-0.15, -0.1) is 0 Å². The number of epoxide rings is 1. The standard InChI is InChI=1S/C15H22O6/c1-8-3-4-10-14(7-17-14)11(16)18-12-15(10)9(8)5-6-13(2,19-12)20-21-15/h8-12,16H,3-7H2,1-2H3/t8-,9+,10+,11?,12-,13-,14+,15-/m1/s1. The lowest BCUT2D eigenvalue weighted by atomic mass is 9.58. The lowest BCUT2D eigenvalue weighted by Crippen LogP contribution is -2.73. The Kier molecular flexibility index (Phi) is 2.39. The summed E-state index contributed by atoms with van der Waals surface area (Å²) in [7, 11) is 0. The fourth-order valence-electron chi connectivity index (χ4n) is 5.18. The summed E-state index contributed by atoms with van der Waals surface area (Å²) in [5.74, 6) is 0.0967. The molecule has 0 aromatic carbocycles. The highest BCUT2D eigenvalue weighted by atomic mass is 17.3. The molecule has 6 nitrogen and oxygen atoms in total. The van der Waals surface area contributed by atoms with Crippen molar-refractivity contribution in [3.8, 4) is 0 Å². The first kappa shape index (κ1) is 13.2. The zero-order valence-electron chi connectivity index (χ0n) is 12.4. The molecular formula is C15H22O6. The molecule has 6 heteroatoms. The smallest absolute Gasteiger partial charge is 0.201 e. The van der Waals surface area contributed by atoms with Gasteiger partial charge in [-0.25, -0.2) is 9.78 Å². The van der Waals surface area contributed by atoms with Crippen LogP contribution < -0.4 is 0 Å². The number of aliphatic hydroxyl groups excluding tert-OH is 1. The van der Waals surface area contributed by atoms with Gasteiger partial charge in [0.25, 0.3) is 0 Å². The molecule has 1 aliphatic carbocycles. The third-order valence-corrected chi connectivity index (χ3v) is 6.46. The van der Waals surface area contributed by atoms with Crippen molar-refractivity contribution >= 4 is 0 Å². The van der Waals surface area contributed by atoms with Gasteiger partial charge in [-0.05, 0) is 38.0 Å². The van der Waals surface area contributed by atoms with Gasteiger partial charge in [0.05, 0.1) is 6.61 Å². The average molecular weight is 298 g/mol. The van der Waals surface area contributed by atoms with Crippen LogP contribution in [0.4, 0.5) is 0 Å². The number of fused-ring (bicyclic) bond motifs is 3. The highest BCUT2D eigenvalue weighted by Gasteiger charge is 2.77. The second kappa shape index (κ2) is 3.80. The number of hydrogen-bond donors (Lipinski definition) is 1. The zero-order valence-corrected chi connectivity index (χ0v) is 12.4. The first-order chi connectivity index (χ1) is 10.0. The van der Waals surface area contributed by atoms with Gasteiger partial charge in [0.15, 0.2) is 18.2 Å². The van der Waals surface area contributed by atoms with Gasteiger partial charge in [0.2, 0.25) is 5.79 Å². The van der Waals surface area contributed by atoms with E-state index in [4.69, 9.17) is 24.0 Å². The summed E-state index contributed by atoms with van der Waals surface area (Å²) in [6.45, 7) is 4.67. The van der Waals surface area contributed by atoms with Crippen molar-refractivity contribution < 1.29 is 29.1 Å². The van der Waals surface area contributed by atoms with Gasteiger partial charge in [-0.1, -0.05) is 6.92 Å². The predicted molar refractivity (Wildman–Crippen MR) is 68.6 cm³/mol. The van der Waals surface area contributed by atoms with Crippen molar-refractivity contribution in [3.63, 3.8) is 0 Å². The summed E-state index contributed by atoms with van der Waals surface area (Å²) in [5.41, 5.74) is -1.27. The molecule has 1 saturated carbocycles. The van der Waals surface area contributed by atoms with Crippen molar-refractivity contribution in [2.24, 2.45) is 17.8 Å². The molecule has 5 aliphatic heterocycles. The predicted octanol–water partition coefficient (Wildman–Crippen LogP) is 1.32. The third kappa shape index (κ3) is 1.44. The molecule has 21 heavy (non-hydrogen) atoms. The topological polar surface area (TPSA) is 69.7 Å². The number of rotatable bonds is 0. The normalized spacial score (nSPS) is 65.0. The Morgan fingerprint density at radius 3 is 2.71 bits per heavy atom. The monoisotopic (exact) mass is 298 g/mol. The van der Waals surface area contributed by atoms with Crippen molar-refractivity contribution in [1.82, 2.24) is 0 Å². The van der Waals surface area contributed by atoms with Gasteiger partial charge >= 0.3 is 0 Å². The molecule has 1 N–H and O–H groups in total. The summed E-state index contributed by atoms with van der Waals surface area (Å²) < 4.78 is 17.6. The van der Waals surface area contributed by atoms with Crippen LogP contribution in [0, 0.1) is 17.8 Å². The quantitative estimate of drug-likeness (QED) is 0.537. The molecule has 5 heterocycles. The Labute approximate surface area is 123 Å². The fraction of sp³-hybridized carbons (Fsp3) is 1.00. The zero-order chi connectivity index (χ0) is 14.5. The molecule has 0 radical (unpaired) electrons. The molecular weight excluding hydrogens is 276 g/mol. The van der Waals surface area contributed by atoms with E-state index in [1.54, 1.807) is 0 Å². The van der Waals surface area contributed by atoms with Crippen molar-refractivity contribution in [2.45, 2.75) is 69.1 Å². The fourth-order valence-corrected chi connectivity index (χ4v) is 5.18. The van der Waals surface area contributed by atoms with Crippen LogP contribution in [-0.2, 0) is 24.0 Å². The van der Waals surface area contributed by atoms with E-state index in [9.17, 15) is 5.11 Å². The molecule has 0 aromatic heterocycles. The Morgan fingerprint density at radius 1 is 1.14 bits per heavy atom. The van der Waals surface area contributed by atoms with Crippen LogP contribution in [0.25, 0.3) is 0 Å². The molecule has 2 spiro atoms. The SMILES string of the molecule is C[C@@H]1CC[C@@H]2[C@]34OO[C@](C)(CC[C@@H]13)O[C@H]4OC(O)[C@]21CO1. The Hall–Kier alpha value is -0.240. The van der Waals surface area contributed by atoms with Crippen LogP contribution in [0.15, 0.2) is 0 Å². The van der Waals surface area contributed by atoms with E-state index in [-0.39, 0.29) is 5.92 Å². The van der Waals surface area contributed by atoms with Crippen molar-refractivity contribution in [3.05, 3.63) is 0 Å². The van der Waals surface area contributed by atoms with Gasteiger partial charge in [-0.3, -0.25) is 0 Å². The van der Waals surface area contributed by atoms with E-state index in [0.29, 0.717) is 18.4 Å². The van der Waals surface area contributed by atoms with E-state index in [2.05, 4.69) is 6.92 Å². The minimum absolute atomic E-state index is 0.0580. The highest BCUT2D eigenvalue weighted by molar-refractivity contribution is 5.18. The van der Waals surface area contributed by atoms with Crippen LogP contribution >= 0.6 is 0 Å². The maximum Gasteiger partial charge on any atom is 0.201 e. The maximum absolute atomic E-state index is 10.4. The molecule has 0 amide bonds. The van der Waals surface area contributed by atoms with E-state index < -0.39 is 29.6 Å². The molecule has 6 aliphatic rings. The Morgan fingerprint density at radius 2 is 1.95 bits per heavy atom. The van der Waals surface area contributed by atoms with Crippen LogP contribution in [-0.4, -0.2) is 41.3 Å². The Bertz CT molecular complexity index is 479. The van der Waals surface area contributed by atoms with Crippen LogP contribution in [0.2, 0.25) is 0 Å². The molecule has 5 saturated heterocycles. The highest BCUT2D eigenvalue weighted by Crippen LogP contribution is 2.64. The maximum atomic E-state index is 10.4. The summed E-state index contributed by atoms with van der Waals surface area (Å²) in [6.07, 6.45) is 2.29. The van der Waals surface area contributed by atoms with Crippen molar-refractivity contribution in [1.29, 1.82) is 0 Å². The molecule has 6 rings (SSSR count). The second-order valence-corrected chi connectivity index (χ2v) is 7.59. The molecule has 6 fully saturated rings. The summed E-state index contributed by atoms with van der Waals surface area (Å²) in [5, 5.41) is 10.4. The minimum Gasteiger partial charge on any atom is -0.365 e. The van der Waals surface area contributed by atoms with Gasteiger partial charge < -0.3 is 19.3 Å². The molecule has 2 bridgehead atoms. The van der Waals surface area contributed by atoms with Gasteiger partial charge in [0.1, 0.15) is 5.60 Å². The Balaban J connectivity index is 1.66. The van der Waals surface area contributed by atoms with Crippen LogP contribution in [0.3, 0.4) is 0 Å². The summed E-state index contributed by atoms with van der Waals surface area (Å²) >= 11 is 0. The molecule has 1 unspecified atom stereocenters. The molecule has 8 atom stereocenters. The van der Waals surface area contributed by atoms with Gasteiger partial charge in [0, 0.05) is 12.3 Å². The lowest BCUT2D eigenvalue weighted by Gasteiger charge is -2.59. The average Bonchev–Trinajstić information content (AvgIpc) is 3.24. The lowest BCUT2D eigenvalue weighted by molar-refractivity contribution is -0.577. The van der Waals surface area contributed by atoms with E-state index in [1.165, 1.54) is 0 Å². The third-order valence-electron chi connectivity index (χ3n) is 6.46. The van der Waals surface area contributed by atoms with E-state index >= 15 is 0 Å². The molecule has 0 aromatic rings. The summed E-state index contributed by atoms with van der Waals surface area (Å²) in [6, 6.07) is 0. The van der Waals surface area contributed by atoms with E-state index in [1.807, 2.05) is 6.92 Å². The van der Waals surface area contributed by atoms with Crippen molar-refractivity contribution in [2.75, 3.05) is 6.61 Å². The first-order valence-corrected chi connectivity index (χ1v) is 8.02. The number of ether oxygens (including phenoxy) is 3. The number of hydrogen-bond acceptors (Lipinski definition) is 6. The van der Waals surface area contributed by atoms with Crippen LogP contribution in [0.1, 0.15) is 39.5 Å². The van der Waals surface area contributed by atoms with Crippen LogP contribution in [0.5, 0.6) is 0 Å².